The topological polar surface area (TPSA) is 59.8 Å². The fourth-order valence-corrected chi connectivity index (χ4v) is 3.05. The Morgan fingerprint density at radius 3 is 2.62 bits per heavy atom. The molecule has 5 nitrogen and oxygen atoms in total. The molecule has 1 aromatic heterocycles. The third-order valence-electron chi connectivity index (χ3n) is 3.31. The summed E-state index contributed by atoms with van der Waals surface area (Å²) in [5, 5.41) is 12.9. The molecule has 0 radical (unpaired) electrons. The maximum atomic E-state index is 11.9. The molecule has 0 bridgehead atoms. The van der Waals surface area contributed by atoms with E-state index in [4.69, 9.17) is 11.6 Å². The molecule has 0 spiro atoms. The summed E-state index contributed by atoms with van der Waals surface area (Å²) in [5.74, 6) is 1.61. The first kappa shape index (κ1) is 18.8. The minimum Gasteiger partial charge on any atom is -0.355 e. The second-order valence-electron chi connectivity index (χ2n) is 5.95. The smallest absolute Gasteiger partial charge is 0.230 e. The minimum absolute atomic E-state index is 0.0211. The van der Waals surface area contributed by atoms with E-state index >= 15 is 0 Å². The molecule has 1 amide bonds. The normalized spacial score (nSPS) is 11.0. The van der Waals surface area contributed by atoms with Gasteiger partial charge in [-0.1, -0.05) is 44.1 Å². The van der Waals surface area contributed by atoms with Crippen molar-refractivity contribution < 1.29 is 4.79 Å². The third kappa shape index (κ3) is 5.24. The highest BCUT2D eigenvalue weighted by Gasteiger charge is 2.15. The standard InChI is InChI=1S/C17H23ClN4OS/c1-4-9-22-16(13-5-7-14(18)8-6-13)20-21-17(22)24-11-15(23)19-10-12(2)3/h5-8,12H,4,9-11H2,1-3H3,(H,19,23). The van der Waals surface area contributed by atoms with E-state index in [1.54, 1.807) is 0 Å². The van der Waals surface area contributed by atoms with Gasteiger partial charge in [0.15, 0.2) is 11.0 Å². The lowest BCUT2D eigenvalue weighted by Crippen LogP contribution is -2.28. The predicted molar refractivity (Wildman–Crippen MR) is 99.3 cm³/mol. The summed E-state index contributed by atoms with van der Waals surface area (Å²) in [4.78, 5) is 11.9. The Bertz CT molecular complexity index is 670. The molecule has 0 atom stereocenters. The largest absolute Gasteiger partial charge is 0.355 e. The van der Waals surface area contributed by atoms with Gasteiger partial charge in [-0.25, -0.2) is 0 Å². The number of hydrogen-bond acceptors (Lipinski definition) is 4. The van der Waals surface area contributed by atoms with Crippen LogP contribution in [0.4, 0.5) is 0 Å². The van der Waals surface area contributed by atoms with Gasteiger partial charge >= 0.3 is 0 Å². The number of rotatable bonds is 8. The van der Waals surface area contributed by atoms with Gasteiger partial charge in [0.2, 0.25) is 5.91 Å². The van der Waals surface area contributed by atoms with Crippen LogP contribution in [0.15, 0.2) is 29.4 Å². The first-order valence-corrected chi connectivity index (χ1v) is 9.46. The van der Waals surface area contributed by atoms with E-state index in [9.17, 15) is 4.79 Å². The molecule has 130 valence electrons. The van der Waals surface area contributed by atoms with Gasteiger partial charge in [-0.3, -0.25) is 4.79 Å². The molecule has 1 aromatic carbocycles. The number of halogens is 1. The molecular weight excluding hydrogens is 344 g/mol. The number of thioether (sulfide) groups is 1. The highest BCUT2D eigenvalue weighted by atomic mass is 35.5. The summed E-state index contributed by atoms with van der Waals surface area (Å²) in [7, 11) is 0. The van der Waals surface area contributed by atoms with E-state index in [1.165, 1.54) is 11.8 Å². The summed E-state index contributed by atoms with van der Waals surface area (Å²) in [6.45, 7) is 7.75. The number of nitrogens with one attached hydrogen (secondary N) is 1. The second kappa shape index (κ2) is 9.08. The van der Waals surface area contributed by atoms with Crippen LogP contribution in [0.1, 0.15) is 27.2 Å². The maximum absolute atomic E-state index is 11.9. The number of amides is 1. The van der Waals surface area contributed by atoms with Crippen molar-refractivity contribution in [2.75, 3.05) is 12.3 Å². The Hall–Kier alpha value is -1.53. The molecule has 0 aliphatic rings. The minimum atomic E-state index is 0.0211. The van der Waals surface area contributed by atoms with Gasteiger partial charge in [0.05, 0.1) is 5.75 Å². The van der Waals surface area contributed by atoms with E-state index in [-0.39, 0.29) is 5.91 Å². The Kier molecular flexibility index (Phi) is 7.12. The molecule has 0 fully saturated rings. The fourth-order valence-electron chi connectivity index (χ4n) is 2.13. The van der Waals surface area contributed by atoms with E-state index in [2.05, 4.69) is 40.9 Å². The van der Waals surface area contributed by atoms with Gasteiger partial charge in [0.1, 0.15) is 0 Å². The average Bonchev–Trinajstić information content (AvgIpc) is 2.95. The fraction of sp³-hybridized carbons (Fsp3) is 0.471. The molecular formula is C17H23ClN4OS. The van der Waals surface area contributed by atoms with Gasteiger partial charge in [0, 0.05) is 23.7 Å². The molecule has 0 aliphatic carbocycles. The lowest BCUT2D eigenvalue weighted by Gasteiger charge is -2.10. The van der Waals surface area contributed by atoms with Crippen LogP contribution in [-0.2, 0) is 11.3 Å². The highest BCUT2D eigenvalue weighted by Crippen LogP contribution is 2.25. The number of carbonyl (C=O) groups is 1. The summed E-state index contributed by atoms with van der Waals surface area (Å²) in [6.07, 6.45) is 0.964. The lowest BCUT2D eigenvalue weighted by atomic mass is 10.2. The summed E-state index contributed by atoms with van der Waals surface area (Å²) in [6, 6.07) is 7.55. The van der Waals surface area contributed by atoms with Crippen molar-refractivity contribution in [1.82, 2.24) is 20.1 Å². The van der Waals surface area contributed by atoms with Crippen molar-refractivity contribution in [2.24, 2.45) is 5.92 Å². The second-order valence-corrected chi connectivity index (χ2v) is 7.33. The van der Waals surface area contributed by atoms with E-state index in [0.717, 1.165) is 29.5 Å². The number of benzene rings is 1. The van der Waals surface area contributed by atoms with Crippen molar-refractivity contribution in [1.29, 1.82) is 0 Å². The van der Waals surface area contributed by atoms with Crippen molar-refractivity contribution >= 4 is 29.3 Å². The zero-order chi connectivity index (χ0) is 17.5. The van der Waals surface area contributed by atoms with E-state index in [0.29, 0.717) is 23.2 Å². The Balaban J connectivity index is 2.10. The number of carbonyl (C=O) groups excluding carboxylic acids is 1. The molecule has 0 saturated heterocycles. The van der Waals surface area contributed by atoms with Crippen LogP contribution in [0.25, 0.3) is 11.4 Å². The van der Waals surface area contributed by atoms with Gasteiger partial charge in [-0.05, 0) is 36.6 Å². The van der Waals surface area contributed by atoms with E-state index in [1.807, 2.05) is 24.3 Å². The van der Waals surface area contributed by atoms with Crippen LogP contribution >= 0.6 is 23.4 Å². The van der Waals surface area contributed by atoms with Crippen LogP contribution in [0.5, 0.6) is 0 Å². The number of hydrogen-bond donors (Lipinski definition) is 1. The zero-order valence-electron chi connectivity index (χ0n) is 14.3. The van der Waals surface area contributed by atoms with Gasteiger partial charge < -0.3 is 9.88 Å². The Morgan fingerprint density at radius 1 is 1.29 bits per heavy atom. The van der Waals surface area contributed by atoms with Crippen LogP contribution in [0, 0.1) is 5.92 Å². The van der Waals surface area contributed by atoms with E-state index < -0.39 is 0 Å². The zero-order valence-corrected chi connectivity index (χ0v) is 15.8. The summed E-state index contributed by atoms with van der Waals surface area (Å²) >= 11 is 7.37. The summed E-state index contributed by atoms with van der Waals surface area (Å²) in [5.41, 5.74) is 0.969. The molecule has 7 heteroatoms. The SMILES string of the molecule is CCCn1c(SCC(=O)NCC(C)C)nnc1-c1ccc(Cl)cc1. The maximum Gasteiger partial charge on any atom is 0.230 e. The Morgan fingerprint density at radius 2 is 2.00 bits per heavy atom. The van der Waals surface area contributed by atoms with Crippen LogP contribution in [-0.4, -0.2) is 33.0 Å². The highest BCUT2D eigenvalue weighted by molar-refractivity contribution is 7.99. The van der Waals surface area contributed by atoms with Crippen LogP contribution < -0.4 is 5.32 Å². The quantitative estimate of drug-likeness (QED) is 0.720. The summed E-state index contributed by atoms with van der Waals surface area (Å²) < 4.78 is 2.06. The monoisotopic (exact) mass is 366 g/mol. The van der Waals surface area contributed by atoms with Crippen molar-refractivity contribution in [3.63, 3.8) is 0 Å². The first-order valence-electron chi connectivity index (χ1n) is 8.10. The third-order valence-corrected chi connectivity index (χ3v) is 4.53. The molecule has 1 N–H and O–H groups in total. The Labute approximate surface area is 152 Å². The lowest BCUT2D eigenvalue weighted by molar-refractivity contribution is -0.118. The van der Waals surface area contributed by atoms with Crippen molar-refractivity contribution in [3.05, 3.63) is 29.3 Å². The van der Waals surface area contributed by atoms with Crippen molar-refractivity contribution in [3.8, 4) is 11.4 Å². The molecule has 1 heterocycles. The van der Waals surface area contributed by atoms with Gasteiger partial charge in [0.25, 0.3) is 0 Å². The molecule has 0 saturated carbocycles. The predicted octanol–water partition coefficient (Wildman–Crippen LogP) is 3.87. The molecule has 2 rings (SSSR count). The number of aromatic nitrogens is 3. The molecule has 2 aromatic rings. The van der Waals surface area contributed by atoms with Gasteiger partial charge in [-0.2, -0.15) is 0 Å². The molecule has 0 unspecified atom stereocenters. The number of nitrogens with zero attached hydrogens (tertiary/aromatic N) is 3. The first-order chi connectivity index (χ1) is 11.5. The van der Waals surface area contributed by atoms with Crippen LogP contribution in [0.2, 0.25) is 5.02 Å². The van der Waals surface area contributed by atoms with Gasteiger partial charge in [-0.15, -0.1) is 10.2 Å². The average molecular weight is 367 g/mol. The molecule has 24 heavy (non-hydrogen) atoms. The molecule has 0 aliphatic heterocycles. The van der Waals surface area contributed by atoms with Crippen LogP contribution in [0.3, 0.4) is 0 Å². The van der Waals surface area contributed by atoms with Crippen molar-refractivity contribution in [2.45, 2.75) is 38.9 Å².